The molecule has 0 aliphatic heterocycles. The molecule has 0 bridgehead atoms. The van der Waals surface area contributed by atoms with Gasteiger partial charge in [-0.2, -0.15) is 5.26 Å². The maximum Gasteiger partial charge on any atom is 0.310 e. The van der Waals surface area contributed by atoms with Gasteiger partial charge in [0.1, 0.15) is 0 Å². The highest BCUT2D eigenvalue weighted by Gasteiger charge is 2.15. The summed E-state index contributed by atoms with van der Waals surface area (Å²) in [5.74, 6) is -0.419. The first kappa shape index (κ1) is 12.9. The average molecular weight is 231 g/mol. The Morgan fingerprint density at radius 1 is 1.53 bits per heavy atom. The molecule has 0 saturated carbocycles. The van der Waals surface area contributed by atoms with Gasteiger partial charge in [-0.15, -0.1) is 0 Å². The smallest absolute Gasteiger partial charge is 0.310 e. The van der Waals surface area contributed by atoms with E-state index in [9.17, 15) is 9.59 Å². The summed E-state index contributed by atoms with van der Waals surface area (Å²) in [6, 6.07) is 5.31. The summed E-state index contributed by atoms with van der Waals surface area (Å²) in [6.45, 7) is 1.93. The van der Waals surface area contributed by atoms with Crippen LogP contribution in [0.2, 0.25) is 0 Å². The number of nitriles is 1. The Morgan fingerprint density at radius 2 is 2.24 bits per heavy atom. The summed E-state index contributed by atoms with van der Waals surface area (Å²) < 4.78 is 4.59. The Balaban J connectivity index is 3.35. The lowest BCUT2D eigenvalue weighted by Crippen LogP contribution is -2.10. The van der Waals surface area contributed by atoms with Crippen LogP contribution in [0.4, 0.5) is 0 Å². The molecule has 0 radical (unpaired) electrons. The van der Waals surface area contributed by atoms with E-state index >= 15 is 0 Å². The van der Waals surface area contributed by atoms with Gasteiger partial charge in [0.25, 0.3) is 0 Å². The van der Waals surface area contributed by atoms with E-state index in [-0.39, 0.29) is 17.5 Å². The molecule has 4 heteroatoms. The van der Waals surface area contributed by atoms with Crippen LogP contribution in [0.3, 0.4) is 0 Å². The molecule has 1 aromatic carbocycles. The first-order valence-corrected chi connectivity index (χ1v) is 5.24. The van der Waals surface area contributed by atoms with Crippen molar-refractivity contribution in [1.82, 2.24) is 0 Å². The number of nitrogens with zero attached hydrogens (tertiary/aromatic N) is 1. The van der Waals surface area contributed by atoms with Crippen LogP contribution in [0, 0.1) is 11.3 Å². The van der Waals surface area contributed by atoms with Crippen molar-refractivity contribution in [1.29, 1.82) is 5.26 Å². The number of carbonyl (C=O) groups is 2. The first-order chi connectivity index (χ1) is 8.17. The standard InChI is InChI=1S/C13H13NO3/c1-3-9-4-5-10(7-14)12(8-15)11(9)6-13(16)17-2/h4-5,8H,3,6H2,1-2H3. The molecule has 0 unspecified atom stereocenters. The second kappa shape index (κ2) is 5.80. The quantitative estimate of drug-likeness (QED) is 0.583. The fourth-order valence-electron chi connectivity index (χ4n) is 1.70. The molecule has 0 fully saturated rings. The summed E-state index contributed by atoms with van der Waals surface area (Å²) in [6.07, 6.45) is 1.33. The minimum Gasteiger partial charge on any atom is -0.469 e. The number of ether oxygens (including phenoxy) is 1. The summed E-state index contributed by atoms with van der Waals surface area (Å²) in [5, 5.41) is 8.90. The second-order valence-corrected chi connectivity index (χ2v) is 3.50. The third-order valence-electron chi connectivity index (χ3n) is 2.62. The topological polar surface area (TPSA) is 67.2 Å². The molecular formula is C13H13NO3. The lowest BCUT2D eigenvalue weighted by molar-refractivity contribution is -0.139. The van der Waals surface area contributed by atoms with Gasteiger partial charge in [0, 0.05) is 5.56 Å². The largest absolute Gasteiger partial charge is 0.469 e. The number of esters is 1. The number of aryl methyl sites for hydroxylation is 1. The Bertz CT molecular complexity index is 486. The van der Waals surface area contributed by atoms with E-state index in [1.165, 1.54) is 7.11 Å². The Morgan fingerprint density at radius 3 is 2.71 bits per heavy atom. The number of rotatable bonds is 4. The van der Waals surface area contributed by atoms with Gasteiger partial charge in [0.15, 0.2) is 6.29 Å². The van der Waals surface area contributed by atoms with E-state index in [2.05, 4.69) is 4.74 Å². The lowest BCUT2D eigenvalue weighted by Gasteiger charge is -2.10. The number of hydrogen-bond acceptors (Lipinski definition) is 4. The highest BCUT2D eigenvalue weighted by Crippen LogP contribution is 2.19. The predicted octanol–water partition coefficient (Wildman–Crippen LogP) is 1.65. The molecule has 0 heterocycles. The third-order valence-corrected chi connectivity index (χ3v) is 2.62. The van der Waals surface area contributed by atoms with Gasteiger partial charge in [-0.1, -0.05) is 13.0 Å². The van der Waals surface area contributed by atoms with Crippen molar-refractivity contribution in [3.63, 3.8) is 0 Å². The Hall–Kier alpha value is -2.15. The number of carbonyl (C=O) groups excluding carboxylic acids is 2. The second-order valence-electron chi connectivity index (χ2n) is 3.50. The Labute approximate surface area is 99.8 Å². The zero-order chi connectivity index (χ0) is 12.8. The van der Waals surface area contributed by atoms with Crippen LogP contribution in [-0.4, -0.2) is 19.4 Å². The minimum absolute atomic E-state index is 0.0171. The Kier molecular flexibility index (Phi) is 4.41. The van der Waals surface area contributed by atoms with Crippen molar-refractivity contribution in [2.24, 2.45) is 0 Å². The van der Waals surface area contributed by atoms with Crippen molar-refractivity contribution in [2.45, 2.75) is 19.8 Å². The summed E-state index contributed by atoms with van der Waals surface area (Å²) >= 11 is 0. The van der Waals surface area contributed by atoms with Gasteiger partial charge >= 0.3 is 5.97 Å². The van der Waals surface area contributed by atoms with Crippen molar-refractivity contribution < 1.29 is 14.3 Å². The highest BCUT2D eigenvalue weighted by atomic mass is 16.5. The van der Waals surface area contributed by atoms with E-state index in [0.717, 1.165) is 5.56 Å². The van der Waals surface area contributed by atoms with Gasteiger partial charge in [0.2, 0.25) is 0 Å². The fraction of sp³-hybridized carbons (Fsp3) is 0.308. The van der Waals surface area contributed by atoms with Crippen molar-refractivity contribution >= 4 is 12.3 Å². The summed E-state index contributed by atoms with van der Waals surface area (Å²) in [5.41, 5.74) is 2.05. The van der Waals surface area contributed by atoms with Crippen LogP contribution in [-0.2, 0) is 22.4 Å². The van der Waals surface area contributed by atoms with E-state index in [4.69, 9.17) is 5.26 Å². The zero-order valence-corrected chi connectivity index (χ0v) is 9.82. The summed E-state index contributed by atoms with van der Waals surface area (Å²) in [4.78, 5) is 22.3. The molecule has 0 aliphatic rings. The van der Waals surface area contributed by atoms with Crippen LogP contribution in [0.15, 0.2) is 12.1 Å². The summed E-state index contributed by atoms with van der Waals surface area (Å²) in [7, 11) is 1.29. The highest BCUT2D eigenvalue weighted by molar-refractivity contribution is 5.85. The van der Waals surface area contributed by atoms with Crippen molar-refractivity contribution in [3.05, 3.63) is 34.4 Å². The maximum atomic E-state index is 11.3. The normalized spacial score (nSPS) is 9.47. The first-order valence-electron chi connectivity index (χ1n) is 5.24. The van der Waals surface area contributed by atoms with Crippen LogP contribution in [0.25, 0.3) is 0 Å². The number of aldehydes is 1. The molecule has 0 aliphatic carbocycles. The third kappa shape index (κ3) is 2.70. The molecule has 0 amide bonds. The molecular weight excluding hydrogens is 218 g/mol. The lowest BCUT2D eigenvalue weighted by atomic mass is 9.93. The molecule has 0 saturated heterocycles. The molecule has 0 atom stereocenters. The molecule has 0 N–H and O–H groups in total. The molecule has 88 valence electrons. The monoisotopic (exact) mass is 231 g/mol. The van der Waals surface area contributed by atoms with Gasteiger partial charge in [-0.3, -0.25) is 9.59 Å². The van der Waals surface area contributed by atoms with Crippen LogP contribution in [0.5, 0.6) is 0 Å². The van der Waals surface area contributed by atoms with Gasteiger partial charge in [0.05, 0.1) is 25.2 Å². The van der Waals surface area contributed by atoms with Crippen molar-refractivity contribution in [3.8, 4) is 6.07 Å². The number of benzene rings is 1. The predicted molar refractivity (Wildman–Crippen MR) is 61.6 cm³/mol. The molecule has 1 rings (SSSR count). The SMILES string of the molecule is CCc1ccc(C#N)c(C=O)c1CC(=O)OC. The van der Waals surface area contributed by atoms with E-state index in [0.29, 0.717) is 18.3 Å². The molecule has 4 nitrogen and oxygen atoms in total. The zero-order valence-electron chi connectivity index (χ0n) is 9.82. The van der Waals surface area contributed by atoms with Crippen molar-refractivity contribution in [2.75, 3.05) is 7.11 Å². The van der Waals surface area contributed by atoms with Gasteiger partial charge in [-0.25, -0.2) is 0 Å². The van der Waals surface area contributed by atoms with E-state index in [1.54, 1.807) is 12.1 Å². The maximum absolute atomic E-state index is 11.3. The number of hydrogen-bond donors (Lipinski definition) is 0. The van der Waals surface area contributed by atoms with E-state index < -0.39 is 5.97 Å². The van der Waals surface area contributed by atoms with Crippen LogP contribution < -0.4 is 0 Å². The van der Waals surface area contributed by atoms with Crippen LogP contribution in [0.1, 0.15) is 34.0 Å². The molecule has 0 aromatic heterocycles. The molecule has 0 spiro atoms. The van der Waals surface area contributed by atoms with Gasteiger partial charge in [-0.05, 0) is 23.6 Å². The fourth-order valence-corrected chi connectivity index (χ4v) is 1.70. The molecule has 17 heavy (non-hydrogen) atoms. The van der Waals surface area contributed by atoms with Crippen LogP contribution >= 0.6 is 0 Å². The molecule has 1 aromatic rings. The average Bonchev–Trinajstić information content (AvgIpc) is 2.37. The van der Waals surface area contributed by atoms with E-state index in [1.807, 2.05) is 13.0 Å². The van der Waals surface area contributed by atoms with Gasteiger partial charge < -0.3 is 4.74 Å². The number of methoxy groups -OCH3 is 1. The minimum atomic E-state index is -0.419.